The number of hydrogen-bond donors (Lipinski definition) is 2. The maximum Gasteiger partial charge on any atom is 0.272 e. The van der Waals surface area contributed by atoms with E-state index in [-0.39, 0.29) is 5.91 Å². The number of benzene rings is 1. The summed E-state index contributed by atoms with van der Waals surface area (Å²) in [5.74, 6) is 0.664. The second-order valence-electron chi connectivity index (χ2n) is 5.21. The molecule has 0 saturated heterocycles. The molecule has 2 N–H and O–H groups in total. The number of ether oxygens (including phenoxy) is 1. The van der Waals surface area contributed by atoms with Gasteiger partial charge in [0.1, 0.15) is 11.4 Å². The average molecular weight is 301 g/mol. The zero-order chi connectivity index (χ0) is 15.8. The Morgan fingerprint density at radius 3 is 2.91 bits per heavy atom. The van der Waals surface area contributed by atoms with Crippen LogP contribution < -0.4 is 10.1 Å². The van der Waals surface area contributed by atoms with Crippen LogP contribution in [-0.2, 0) is 13.0 Å². The number of carbonyl (C=O) groups is 1. The maximum absolute atomic E-state index is 12.1. The zero-order valence-electron chi connectivity index (χ0n) is 13.2. The lowest BCUT2D eigenvalue weighted by Crippen LogP contribution is -2.23. The molecule has 0 fully saturated rings. The minimum Gasteiger partial charge on any atom is -0.494 e. The van der Waals surface area contributed by atoms with Gasteiger partial charge in [0.2, 0.25) is 0 Å². The molecule has 0 saturated carbocycles. The van der Waals surface area contributed by atoms with Gasteiger partial charge in [0.05, 0.1) is 6.61 Å². The van der Waals surface area contributed by atoms with Gasteiger partial charge in [-0.25, -0.2) is 0 Å². The SMILES string of the molecule is CCCOc1cccc(CNC(=O)c2cc(CCC)[nH]n2)c1. The highest BCUT2D eigenvalue weighted by atomic mass is 16.5. The molecule has 0 aliphatic heterocycles. The number of amides is 1. The molecule has 0 radical (unpaired) electrons. The number of nitrogens with one attached hydrogen (secondary N) is 2. The van der Waals surface area contributed by atoms with E-state index in [0.717, 1.165) is 36.3 Å². The number of hydrogen-bond acceptors (Lipinski definition) is 3. The quantitative estimate of drug-likeness (QED) is 0.787. The molecule has 0 bridgehead atoms. The number of H-pyrrole nitrogens is 1. The van der Waals surface area contributed by atoms with E-state index in [1.807, 2.05) is 24.3 Å². The van der Waals surface area contributed by atoms with Gasteiger partial charge < -0.3 is 10.1 Å². The largest absolute Gasteiger partial charge is 0.494 e. The highest BCUT2D eigenvalue weighted by Gasteiger charge is 2.10. The molecular formula is C17H23N3O2. The predicted molar refractivity (Wildman–Crippen MR) is 86.0 cm³/mol. The number of rotatable bonds is 8. The van der Waals surface area contributed by atoms with Crippen molar-refractivity contribution in [3.63, 3.8) is 0 Å². The van der Waals surface area contributed by atoms with Crippen LogP contribution >= 0.6 is 0 Å². The second kappa shape index (κ2) is 8.22. The van der Waals surface area contributed by atoms with Crippen molar-refractivity contribution in [1.82, 2.24) is 15.5 Å². The summed E-state index contributed by atoms with van der Waals surface area (Å²) in [7, 11) is 0. The lowest BCUT2D eigenvalue weighted by atomic mass is 10.2. The van der Waals surface area contributed by atoms with E-state index >= 15 is 0 Å². The van der Waals surface area contributed by atoms with Gasteiger partial charge in [-0.05, 0) is 36.6 Å². The monoisotopic (exact) mass is 301 g/mol. The van der Waals surface area contributed by atoms with E-state index in [4.69, 9.17) is 4.74 Å². The van der Waals surface area contributed by atoms with Crippen LogP contribution in [0.15, 0.2) is 30.3 Å². The van der Waals surface area contributed by atoms with Crippen molar-refractivity contribution in [3.8, 4) is 5.75 Å². The van der Waals surface area contributed by atoms with Gasteiger partial charge in [0.15, 0.2) is 0 Å². The zero-order valence-corrected chi connectivity index (χ0v) is 13.2. The molecule has 0 aliphatic carbocycles. The van der Waals surface area contributed by atoms with Crippen LogP contribution in [-0.4, -0.2) is 22.7 Å². The van der Waals surface area contributed by atoms with Gasteiger partial charge in [0.25, 0.3) is 5.91 Å². The Hall–Kier alpha value is -2.30. The summed E-state index contributed by atoms with van der Waals surface area (Å²) < 4.78 is 5.59. The fraction of sp³-hybridized carbons (Fsp3) is 0.412. The van der Waals surface area contributed by atoms with E-state index < -0.39 is 0 Å². The van der Waals surface area contributed by atoms with Gasteiger partial charge in [0, 0.05) is 12.2 Å². The summed E-state index contributed by atoms with van der Waals surface area (Å²) in [6.07, 6.45) is 2.89. The standard InChI is InChI=1S/C17H23N3O2/c1-3-6-14-11-16(20-19-14)17(21)18-12-13-7-5-8-15(10-13)22-9-4-2/h5,7-8,10-11H,3-4,6,9,12H2,1-2H3,(H,18,21)(H,19,20). The number of aromatic amines is 1. The molecule has 1 aromatic carbocycles. The van der Waals surface area contributed by atoms with Crippen molar-refractivity contribution in [1.29, 1.82) is 0 Å². The van der Waals surface area contributed by atoms with Crippen LogP contribution in [0.4, 0.5) is 0 Å². The molecule has 0 unspecified atom stereocenters. The highest BCUT2D eigenvalue weighted by molar-refractivity contribution is 5.92. The van der Waals surface area contributed by atoms with Crippen LogP contribution in [0.5, 0.6) is 5.75 Å². The molecule has 1 amide bonds. The molecule has 5 heteroatoms. The molecule has 1 aromatic heterocycles. The van der Waals surface area contributed by atoms with Crippen LogP contribution in [0, 0.1) is 0 Å². The van der Waals surface area contributed by atoms with Gasteiger partial charge in [-0.1, -0.05) is 32.4 Å². The maximum atomic E-state index is 12.1. The van der Waals surface area contributed by atoms with E-state index in [0.29, 0.717) is 18.8 Å². The minimum atomic E-state index is -0.168. The Labute approximate surface area is 131 Å². The lowest BCUT2D eigenvalue weighted by Gasteiger charge is -2.07. The molecule has 118 valence electrons. The third kappa shape index (κ3) is 4.62. The fourth-order valence-electron chi connectivity index (χ4n) is 2.11. The van der Waals surface area contributed by atoms with Crippen molar-refractivity contribution >= 4 is 5.91 Å². The van der Waals surface area contributed by atoms with Gasteiger partial charge >= 0.3 is 0 Å². The minimum absolute atomic E-state index is 0.168. The molecule has 2 aromatic rings. The van der Waals surface area contributed by atoms with Crippen molar-refractivity contribution in [3.05, 3.63) is 47.3 Å². The Balaban J connectivity index is 1.89. The summed E-state index contributed by atoms with van der Waals surface area (Å²) in [6, 6.07) is 9.57. The topological polar surface area (TPSA) is 67.0 Å². The van der Waals surface area contributed by atoms with Gasteiger partial charge in [-0.2, -0.15) is 5.10 Å². The summed E-state index contributed by atoms with van der Waals surface area (Å²) in [5.41, 5.74) is 2.43. The number of carbonyl (C=O) groups excluding carboxylic acids is 1. The van der Waals surface area contributed by atoms with Gasteiger partial charge in [-0.3, -0.25) is 9.89 Å². The fourth-order valence-corrected chi connectivity index (χ4v) is 2.11. The average Bonchev–Trinajstić information content (AvgIpc) is 3.00. The highest BCUT2D eigenvalue weighted by Crippen LogP contribution is 2.13. The predicted octanol–water partition coefficient (Wildman–Crippen LogP) is 3.08. The number of aryl methyl sites for hydroxylation is 1. The second-order valence-corrected chi connectivity index (χ2v) is 5.21. The van der Waals surface area contributed by atoms with Crippen LogP contribution in [0.3, 0.4) is 0 Å². The van der Waals surface area contributed by atoms with Crippen LogP contribution in [0.25, 0.3) is 0 Å². The lowest BCUT2D eigenvalue weighted by molar-refractivity contribution is 0.0946. The molecule has 0 aliphatic rings. The Kier molecular flexibility index (Phi) is 6.01. The van der Waals surface area contributed by atoms with Crippen LogP contribution in [0.2, 0.25) is 0 Å². The van der Waals surface area contributed by atoms with E-state index in [1.54, 1.807) is 6.07 Å². The Morgan fingerprint density at radius 1 is 1.27 bits per heavy atom. The molecule has 0 atom stereocenters. The summed E-state index contributed by atoms with van der Waals surface area (Å²) >= 11 is 0. The van der Waals surface area contributed by atoms with E-state index in [1.165, 1.54) is 0 Å². The van der Waals surface area contributed by atoms with Crippen molar-refractivity contribution in [2.45, 2.75) is 39.7 Å². The van der Waals surface area contributed by atoms with Gasteiger partial charge in [-0.15, -0.1) is 0 Å². The van der Waals surface area contributed by atoms with Crippen molar-refractivity contribution in [2.24, 2.45) is 0 Å². The summed E-state index contributed by atoms with van der Waals surface area (Å²) in [6.45, 7) is 5.32. The summed E-state index contributed by atoms with van der Waals surface area (Å²) in [4.78, 5) is 12.1. The third-order valence-electron chi connectivity index (χ3n) is 3.21. The first-order valence-electron chi connectivity index (χ1n) is 7.77. The molecule has 1 heterocycles. The first-order valence-corrected chi connectivity index (χ1v) is 7.77. The first kappa shape index (κ1) is 16.1. The Morgan fingerprint density at radius 2 is 2.14 bits per heavy atom. The van der Waals surface area contributed by atoms with Crippen molar-refractivity contribution < 1.29 is 9.53 Å². The number of aromatic nitrogens is 2. The smallest absolute Gasteiger partial charge is 0.272 e. The Bertz CT molecular complexity index is 607. The van der Waals surface area contributed by atoms with E-state index in [9.17, 15) is 4.79 Å². The molecule has 5 nitrogen and oxygen atoms in total. The first-order chi connectivity index (χ1) is 10.7. The summed E-state index contributed by atoms with van der Waals surface area (Å²) in [5, 5.41) is 9.81. The molecule has 22 heavy (non-hydrogen) atoms. The third-order valence-corrected chi connectivity index (χ3v) is 3.21. The molecule has 0 spiro atoms. The van der Waals surface area contributed by atoms with Crippen LogP contribution in [0.1, 0.15) is 48.4 Å². The molecule has 2 rings (SSSR count). The number of nitrogens with zero attached hydrogens (tertiary/aromatic N) is 1. The van der Waals surface area contributed by atoms with E-state index in [2.05, 4.69) is 29.4 Å². The van der Waals surface area contributed by atoms with Crippen molar-refractivity contribution in [2.75, 3.05) is 6.61 Å². The molecular weight excluding hydrogens is 278 g/mol. The normalized spacial score (nSPS) is 10.5.